The van der Waals surface area contributed by atoms with Gasteiger partial charge in [0.2, 0.25) is 5.89 Å². The quantitative estimate of drug-likeness (QED) is 0.450. The largest absolute Gasteiger partial charge is 0.436 e. The maximum absolute atomic E-state index is 12.6. The van der Waals surface area contributed by atoms with Crippen molar-refractivity contribution in [3.05, 3.63) is 77.9 Å². The number of aromatic nitrogens is 1. The number of nitrogens with zero attached hydrogens (tertiary/aromatic N) is 1. The lowest BCUT2D eigenvalue weighted by atomic mass is 9.99. The third-order valence-electron chi connectivity index (χ3n) is 4.27. The van der Waals surface area contributed by atoms with Gasteiger partial charge in [0.25, 0.3) is 0 Å². The summed E-state index contributed by atoms with van der Waals surface area (Å²) >= 11 is 0. The number of hydrogen-bond acceptors (Lipinski definition) is 3. The summed E-state index contributed by atoms with van der Waals surface area (Å²) in [5, 5.41) is 0. The van der Waals surface area contributed by atoms with E-state index in [1.54, 1.807) is 0 Å². The Morgan fingerprint density at radius 2 is 1.39 bits per heavy atom. The van der Waals surface area contributed by atoms with E-state index in [9.17, 15) is 4.79 Å². The number of carbonyl (C=O) groups excluding carboxylic acids is 1. The lowest BCUT2D eigenvalue weighted by molar-refractivity contribution is 0.104. The van der Waals surface area contributed by atoms with Crippen LogP contribution in [0.2, 0.25) is 0 Å². The summed E-state index contributed by atoms with van der Waals surface area (Å²) in [4.78, 5) is 17.2. The second kappa shape index (κ2) is 4.40. The Hall–Kier alpha value is -3.20. The van der Waals surface area contributed by atoms with E-state index in [-0.39, 0.29) is 5.78 Å². The molecule has 0 spiro atoms. The van der Waals surface area contributed by atoms with Gasteiger partial charge in [0.1, 0.15) is 5.52 Å². The fourth-order valence-corrected chi connectivity index (χ4v) is 3.24. The molecule has 3 heteroatoms. The van der Waals surface area contributed by atoms with Gasteiger partial charge in [-0.25, -0.2) is 4.98 Å². The molecule has 108 valence electrons. The van der Waals surface area contributed by atoms with Crippen molar-refractivity contribution in [3.8, 4) is 22.6 Å². The molecule has 1 aliphatic carbocycles. The molecule has 0 radical (unpaired) electrons. The molecule has 0 bridgehead atoms. The maximum Gasteiger partial charge on any atom is 0.227 e. The normalized spacial score (nSPS) is 12.4. The van der Waals surface area contributed by atoms with Crippen LogP contribution in [0, 0.1) is 0 Å². The highest BCUT2D eigenvalue weighted by molar-refractivity contribution is 6.23. The number of hydrogen-bond donors (Lipinski definition) is 0. The lowest BCUT2D eigenvalue weighted by Crippen LogP contribution is -1.94. The second-order valence-corrected chi connectivity index (χ2v) is 5.59. The number of benzene rings is 3. The fourth-order valence-electron chi connectivity index (χ4n) is 3.24. The number of fused-ring (bicyclic) bond motifs is 4. The molecule has 0 saturated heterocycles. The molecule has 0 aliphatic heterocycles. The Kier molecular flexibility index (Phi) is 2.36. The van der Waals surface area contributed by atoms with Gasteiger partial charge in [0, 0.05) is 22.3 Å². The van der Waals surface area contributed by atoms with Gasteiger partial charge in [0.05, 0.1) is 0 Å². The summed E-state index contributed by atoms with van der Waals surface area (Å²) in [6.45, 7) is 0. The van der Waals surface area contributed by atoms with Gasteiger partial charge in [-0.1, -0.05) is 48.5 Å². The molecule has 0 fully saturated rings. The van der Waals surface area contributed by atoms with Crippen LogP contribution in [0.3, 0.4) is 0 Å². The molecule has 4 aromatic rings. The second-order valence-electron chi connectivity index (χ2n) is 5.59. The van der Waals surface area contributed by atoms with Crippen molar-refractivity contribution < 1.29 is 9.21 Å². The van der Waals surface area contributed by atoms with E-state index < -0.39 is 0 Å². The molecule has 1 aliphatic rings. The third-order valence-corrected chi connectivity index (χ3v) is 4.27. The zero-order valence-corrected chi connectivity index (χ0v) is 12.1. The van der Waals surface area contributed by atoms with E-state index in [2.05, 4.69) is 4.98 Å². The highest BCUT2D eigenvalue weighted by atomic mass is 16.3. The maximum atomic E-state index is 12.6. The average molecular weight is 297 g/mol. The highest BCUT2D eigenvalue weighted by Crippen LogP contribution is 2.42. The van der Waals surface area contributed by atoms with Crippen molar-refractivity contribution in [2.45, 2.75) is 0 Å². The van der Waals surface area contributed by atoms with E-state index >= 15 is 0 Å². The van der Waals surface area contributed by atoms with Gasteiger partial charge in [-0.2, -0.15) is 0 Å². The first-order valence-corrected chi connectivity index (χ1v) is 7.46. The number of rotatable bonds is 1. The van der Waals surface area contributed by atoms with Crippen LogP contribution in [0.25, 0.3) is 33.7 Å². The zero-order valence-electron chi connectivity index (χ0n) is 12.1. The molecule has 1 heterocycles. The molecule has 5 rings (SSSR count). The number of carbonyl (C=O) groups is 1. The Labute approximate surface area is 132 Å². The Morgan fingerprint density at radius 3 is 2.26 bits per heavy atom. The van der Waals surface area contributed by atoms with Gasteiger partial charge in [-0.3, -0.25) is 4.79 Å². The SMILES string of the molecule is O=C1c2ccccc2-c2c1cccc2-c1nc2ccccc2o1. The van der Waals surface area contributed by atoms with Gasteiger partial charge < -0.3 is 4.42 Å². The molecular weight excluding hydrogens is 286 g/mol. The predicted octanol–water partition coefficient (Wildman–Crippen LogP) is 4.71. The standard InChI is InChI=1S/C20H11NO2/c22-19-13-7-2-1-6-12(13)18-14(19)8-5-9-15(18)20-21-16-10-3-4-11-17(16)23-20/h1-11H. The summed E-state index contributed by atoms with van der Waals surface area (Å²) in [5.41, 5.74) is 5.74. The summed E-state index contributed by atoms with van der Waals surface area (Å²) in [6.07, 6.45) is 0. The van der Waals surface area contributed by atoms with Gasteiger partial charge >= 0.3 is 0 Å². The van der Waals surface area contributed by atoms with E-state index in [0.29, 0.717) is 11.5 Å². The molecule has 3 nitrogen and oxygen atoms in total. The summed E-state index contributed by atoms with van der Waals surface area (Å²) in [7, 11) is 0. The van der Waals surface area contributed by atoms with E-state index in [1.807, 2.05) is 66.7 Å². The zero-order chi connectivity index (χ0) is 15.4. The van der Waals surface area contributed by atoms with Crippen LogP contribution >= 0.6 is 0 Å². The Bertz CT molecular complexity index is 1060. The molecule has 0 atom stereocenters. The average Bonchev–Trinajstić information content (AvgIpc) is 3.15. The van der Waals surface area contributed by atoms with Crippen LogP contribution in [0.5, 0.6) is 0 Å². The fraction of sp³-hybridized carbons (Fsp3) is 0. The van der Waals surface area contributed by atoms with Crippen LogP contribution in [0.4, 0.5) is 0 Å². The number of oxazole rings is 1. The molecule has 23 heavy (non-hydrogen) atoms. The van der Waals surface area contributed by atoms with Crippen molar-refractivity contribution in [2.24, 2.45) is 0 Å². The van der Waals surface area contributed by atoms with Gasteiger partial charge in [-0.05, 0) is 23.8 Å². The minimum absolute atomic E-state index is 0.0635. The monoisotopic (exact) mass is 297 g/mol. The Morgan fingerprint density at radius 1 is 0.696 bits per heavy atom. The summed E-state index contributed by atoms with van der Waals surface area (Å²) in [6, 6.07) is 21.1. The van der Waals surface area contributed by atoms with Crippen LogP contribution in [-0.4, -0.2) is 10.8 Å². The number of ketones is 1. The first-order chi connectivity index (χ1) is 11.3. The predicted molar refractivity (Wildman–Crippen MR) is 88.3 cm³/mol. The number of para-hydroxylation sites is 2. The van der Waals surface area contributed by atoms with Crippen LogP contribution < -0.4 is 0 Å². The summed E-state index contributed by atoms with van der Waals surface area (Å²) in [5.74, 6) is 0.612. The van der Waals surface area contributed by atoms with E-state index in [0.717, 1.165) is 33.4 Å². The van der Waals surface area contributed by atoms with Crippen molar-refractivity contribution in [1.29, 1.82) is 0 Å². The molecule has 0 unspecified atom stereocenters. The van der Waals surface area contributed by atoms with Crippen molar-refractivity contribution >= 4 is 16.9 Å². The molecule has 0 saturated carbocycles. The first kappa shape index (κ1) is 12.4. The van der Waals surface area contributed by atoms with Gasteiger partial charge in [0.15, 0.2) is 11.4 Å². The highest BCUT2D eigenvalue weighted by Gasteiger charge is 2.29. The summed E-state index contributed by atoms with van der Waals surface area (Å²) < 4.78 is 5.91. The third kappa shape index (κ3) is 1.64. The molecule has 0 N–H and O–H groups in total. The smallest absolute Gasteiger partial charge is 0.227 e. The van der Waals surface area contributed by atoms with E-state index in [1.165, 1.54) is 0 Å². The molecule has 1 aromatic heterocycles. The van der Waals surface area contributed by atoms with Crippen LogP contribution in [-0.2, 0) is 0 Å². The van der Waals surface area contributed by atoms with Gasteiger partial charge in [-0.15, -0.1) is 0 Å². The topological polar surface area (TPSA) is 43.1 Å². The molecule has 3 aromatic carbocycles. The minimum atomic E-state index is 0.0635. The van der Waals surface area contributed by atoms with Crippen LogP contribution in [0.1, 0.15) is 15.9 Å². The molecule has 0 amide bonds. The van der Waals surface area contributed by atoms with Crippen molar-refractivity contribution in [1.82, 2.24) is 4.98 Å². The first-order valence-electron chi connectivity index (χ1n) is 7.46. The van der Waals surface area contributed by atoms with Crippen molar-refractivity contribution in [3.63, 3.8) is 0 Å². The van der Waals surface area contributed by atoms with E-state index in [4.69, 9.17) is 4.42 Å². The lowest BCUT2D eigenvalue weighted by Gasteiger charge is -2.05. The van der Waals surface area contributed by atoms with Crippen molar-refractivity contribution in [2.75, 3.05) is 0 Å². The minimum Gasteiger partial charge on any atom is -0.436 e. The Balaban J connectivity index is 1.83. The van der Waals surface area contributed by atoms with Crippen LogP contribution in [0.15, 0.2) is 71.1 Å². The molecular formula is C20H11NO2.